The van der Waals surface area contributed by atoms with Gasteiger partial charge in [0.2, 0.25) is 10.0 Å². The predicted molar refractivity (Wildman–Crippen MR) is 99.4 cm³/mol. The van der Waals surface area contributed by atoms with E-state index in [0.29, 0.717) is 12.0 Å². The first-order valence-corrected chi connectivity index (χ1v) is 9.35. The summed E-state index contributed by atoms with van der Waals surface area (Å²) < 4.78 is 27.9. The Morgan fingerprint density at radius 2 is 1.75 bits per heavy atom. The number of sulfonamides is 1. The first-order chi connectivity index (χ1) is 11.4. The van der Waals surface area contributed by atoms with Crippen LogP contribution in [0.25, 0.3) is 0 Å². The van der Waals surface area contributed by atoms with Crippen molar-refractivity contribution >= 4 is 10.0 Å². The number of nitrogens with one attached hydrogen (secondary N) is 1. The molecule has 0 saturated heterocycles. The molecule has 0 fully saturated rings. The zero-order chi connectivity index (χ0) is 17.6. The van der Waals surface area contributed by atoms with E-state index >= 15 is 0 Å². The summed E-state index contributed by atoms with van der Waals surface area (Å²) in [6.07, 6.45) is 2.99. The molecule has 1 atom stereocenters. The van der Waals surface area contributed by atoms with Crippen molar-refractivity contribution in [2.75, 3.05) is 0 Å². The fraction of sp³-hybridized carbons (Fsp3) is 0.200. The molecule has 0 aliphatic heterocycles. The van der Waals surface area contributed by atoms with Crippen molar-refractivity contribution in [1.29, 1.82) is 0 Å². The third kappa shape index (κ3) is 4.91. The van der Waals surface area contributed by atoms with E-state index in [1.807, 2.05) is 37.3 Å². The van der Waals surface area contributed by atoms with Gasteiger partial charge in [0, 0.05) is 6.04 Å². The molecule has 3 nitrogen and oxygen atoms in total. The van der Waals surface area contributed by atoms with Crippen LogP contribution in [0.5, 0.6) is 0 Å². The molecule has 1 N–H and O–H groups in total. The van der Waals surface area contributed by atoms with Gasteiger partial charge < -0.3 is 0 Å². The number of benzene rings is 2. The van der Waals surface area contributed by atoms with Crippen LogP contribution >= 0.6 is 0 Å². The summed E-state index contributed by atoms with van der Waals surface area (Å²) >= 11 is 0. The lowest BCUT2D eigenvalue weighted by Crippen LogP contribution is -2.36. The van der Waals surface area contributed by atoms with Crippen LogP contribution in [0.1, 0.15) is 17.5 Å². The molecule has 0 aliphatic carbocycles. The molecule has 0 aliphatic rings. The SMILES string of the molecule is C=CC(=C)C(CCc1ccccc1)NS(=O)(=O)c1ccc(C)cc1. The van der Waals surface area contributed by atoms with Gasteiger partial charge >= 0.3 is 0 Å². The summed E-state index contributed by atoms with van der Waals surface area (Å²) in [6.45, 7) is 9.57. The molecule has 0 bridgehead atoms. The Balaban J connectivity index is 2.14. The van der Waals surface area contributed by atoms with Crippen molar-refractivity contribution in [3.8, 4) is 0 Å². The van der Waals surface area contributed by atoms with Crippen LogP contribution in [0.4, 0.5) is 0 Å². The Morgan fingerprint density at radius 1 is 1.12 bits per heavy atom. The van der Waals surface area contributed by atoms with E-state index in [4.69, 9.17) is 0 Å². The van der Waals surface area contributed by atoms with Crippen molar-refractivity contribution in [2.24, 2.45) is 0 Å². The molecule has 0 spiro atoms. The van der Waals surface area contributed by atoms with Gasteiger partial charge in [-0.1, -0.05) is 67.3 Å². The molecule has 24 heavy (non-hydrogen) atoms. The second kappa shape index (κ2) is 8.08. The maximum absolute atomic E-state index is 12.6. The fourth-order valence-corrected chi connectivity index (χ4v) is 3.66. The van der Waals surface area contributed by atoms with Gasteiger partial charge in [-0.25, -0.2) is 13.1 Å². The zero-order valence-corrected chi connectivity index (χ0v) is 14.7. The Kier molecular flexibility index (Phi) is 6.12. The summed E-state index contributed by atoms with van der Waals surface area (Å²) in [7, 11) is -3.59. The van der Waals surface area contributed by atoms with E-state index < -0.39 is 10.0 Å². The maximum atomic E-state index is 12.6. The van der Waals surface area contributed by atoms with E-state index in [9.17, 15) is 8.42 Å². The van der Waals surface area contributed by atoms with Gasteiger partial charge in [0.25, 0.3) is 0 Å². The van der Waals surface area contributed by atoms with Crippen LogP contribution in [-0.2, 0) is 16.4 Å². The molecule has 126 valence electrons. The number of rotatable bonds is 8. The smallest absolute Gasteiger partial charge is 0.207 e. The lowest BCUT2D eigenvalue weighted by atomic mass is 10.0. The second-order valence-corrected chi connectivity index (χ2v) is 7.50. The van der Waals surface area contributed by atoms with Gasteiger partial charge in [0.15, 0.2) is 0 Å². The van der Waals surface area contributed by atoms with Crippen molar-refractivity contribution in [3.63, 3.8) is 0 Å². The van der Waals surface area contributed by atoms with Gasteiger partial charge in [0.1, 0.15) is 0 Å². The molecule has 4 heteroatoms. The number of hydrogen-bond donors (Lipinski definition) is 1. The second-order valence-electron chi connectivity index (χ2n) is 5.79. The van der Waals surface area contributed by atoms with Crippen LogP contribution in [0.2, 0.25) is 0 Å². The van der Waals surface area contributed by atoms with E-state index in [1.54, 1.807) is 30.3 Å². The van der Waals surface area contributed by atoms with Crippen LogP contribution in [0, 0.1) is 6.92 Å². The minimum atomic E-state index is -3.59. The minimum absolute atomic E-state index is 0.259. The minimum Gasteiger partial charge on any atom is -0.207 e. The first-order valence-electron chi connectivity index (χ1n) is 7.86. The Hall–Kier alpha value is -2.17. The summed E-state index contributed by atoms with van der Waals surface area (Å²) in [4.78, 5) is 0.259. The Bertz CT molecular complexity index is 793. The van der Waals surface area contributed by atoms with Gasteiger partial charge in [-0.15, -0.1) is 0 Å². The van der Waals surface area contributed by atoms with Crippen molar-refractivity contribution in [3.05, 3.63) is 90.5 Å². The Labute approximate surface area is 144 Å². The number of hydrogen-bond acceptors (Lipinski definition) is 2. The summed E-state index contributed by atoms with van der Waals surface area (Å²) in [5.41, 5.74) is 2.85. The van der Waals surface area contributed by atoms with E-state index in [0.717, 1.165) is 17.5 Å². The molecule has 0 saturated carbocycles. The monoisotopic (exact) mass is 341 g/mol. The largest absolute Gasteiger partial charge is 0.241 e. The predicted octanol–water partition coefficient (Wildman–Crippen LogP) is 4.02. The molecule has 0 radical (unpaired) electrons. The van der Waals surface area contributed by atoms with E-state index in [1.165, 1.54) is 0 Å². The summed E-state index contributed by atoms with van der Waals surface area (Å²) in [5, 5.41) is 0. The molecular weight excluding hydrogens is 318 g/mol. The molecule has 2 aromatic rings. The highest BCUT2D eigenvalue weighted by Crippen LogP contribution is 2.16. The fourth-order valence-electron chi connectivity index (χ4n) is 2.39. The van der Waals surface area contributed by atoms with Crippen LogP contribution < -0.4 is 4.72 Å². The normalized spacial score (nSPS) is 12.5. The highest BCUT2D eigenvalue weighted by Gasteiger charge is 2.21. The first kappa shape index (κ1) is 18.2. The number of aryl methyl sites for hydroxylation is 2. The highest BCUT2D eigenvalue weighted by molar-refractivity contribution is 7.89. The molecule has 2 rings (SSSR count). The van der Waals surface area contributed by atoms with Gasteiger partial charge in [-0.3, -0.25) is 0 Å². The highest BCUT2D eigenvalue weighted by atomic mass is 32.2. The van der Waals surface area contributed by atoms with E-state index in [2.05, 4.69) is 17.9 Å². The molecule has 0 amide bonds. The topological polar surface area (TPSA) is 46.2 Å². The standard InChI is InChI=1S/C20H23NO2S/c1-4-17(3)20(15-12-18-8-6-5-7-9-18)21-24(22,23)19-13-10-16(2)11-14-19/h4-11,13-14,20-21H,1,3,12,15H2,2H3. The average Bonchev–Trinajstić information content (AvgIpc) is 2.59. The third-order valence-corrected chi connectivity index (χ3v) is 5.39. The van der Waals surface area contributed by atoms with Gasteiger partial charge in [-0.2, -0.15) is 0 Å². The molecular formula is C20H23NO2S. The molecule has 1 unspecified atom stereocenters. The van der Waals surface area contributed by atoms with Crippen LogP contribution in [0.15, 0.2) is 84.3 Å². The van der Waals surface area contributed by atoms with Gasteiger partial charge in [-0.05, 0) is 43.0 Å². The van der Waals surface area contributed by atoms with Crippen LogP contribution in [-0.4, -0.2) is 14.5 Å². The lowest BCUT2D eigenvalue weighted by molar-refractivity contribution is 0.558. The molecule has 2 aromatic carbocycles. The summed E-state index contributed by atoms with van der Waals surface area (Å²) in [6, 6.07) is 16.4. The quantitative estimate of drug-likeness (QED) is 0.737. The third-order valence-electron chi connectivity index (χ3n) is 3.90. The average molecular weight is 341 g/mol. The van der Waals surface area contributed by atoms with Crippen molar-refractivity contribution < 1.29 is 8.42 Å². The van der Waals surface area contributed by atoms with E-state index in [-0.39, 0.29) is 10.9 Å². The molecule has 0 aromatic heterocycles. The van der Waals surface area contributed by atoms with Crippen LogP contribution in [0.3, 0.4) is 0 Å². The zero-order valence-electron chi connectivity index (χ0n) is 13.9. The van der Waals surface area contributed by atoms with Gasteiger partial charge in [0.05, 0.1) is 4.90 Å². The van der Waals surface area contributed by atoms with Crippen molar-refractivity contribution in [1.82, 2.24) is 4.72 Å². The summed E-state index contributed by atoms with van der Waals surface area (Å²) in [5.74, 6) is 0. The lowest BCUT2D eigenvalue weighted by Gasteiger charge is -2.19. The van der Waals surface area contributed by atoms with Crippen molar-refractivity contribution in [2.45, 2.75) is 30.7 Å². The Morgan fingerprint density at radius 3 is 2.33 bits per heavy atom. The molecule has 0 heterocycles. The maximum Gasteiger partial charge on any atom is 0.241 e.